The third-order valence-corrected chi connectivity index (χ3v) is 7.69. The number of carbonyl (C=O) groups is 2. The molecule has 2 amide bonds. The Bertz CT molecular complexity index is 1430. The van der Waals surface area contributed by atoms with Crippen LogP contribution in [0.1, 0.15) is 25.6 Å². The van der Waals surface area contributed by atoms with Crippen LogP contribution in [0.5, 0.6) is 0 Å². The third kappa shape index (κ3) is 3.84. The number of halogens is 3. The Balaban J connectivity index is 1.47. The van der Waals surface area contributed by atoms with Gasteiger partial charge in [-0.05, 0) is 59.8 Å². The Kier molecular flexibility index (Phi) is 5.62. The van der Waals surface area contributed by atoms with Gasteiger partial charge < -0.3 is 16.0 Å². The topological polar surface area (TPSA) is 75.4 Å². The largest absolute Gasteiger partial charge is 0.399 e. The molecule has 2 aromatic heterocycles. The van der Waals surface area contributed by atoms with Crippen molar-refractivity contribution in [1.82, 2.24) is 0 Å². The normalized spacial score (nSPS) is 12.6. The molecule has 0 unspecified atom stereocenters. The van der Waals surface area contributed by atoms with Crippen LogP contribution in [0, 0.1) is 17.5 Å². The van der Waals surface area contributed by atoms with Gasteiger partial charge in [0.25, 0.3) is 11.8 Å². The van der Waals surface area contributed by atoms with Gasteiger partial charge in [0, 0.05) is 12.2 Å². The van der Waals surface area contributed by atoms with Crippen molar-refractivity contribution in [3.63, 3.8) is 0 Å². The van der Waals surface area contributed by atoms with Gasteiger partial charge in [0.15, 0.2) is 0 Å². The molecule has 0 saturated carbocycles. The van der Waals surface area contributed by atoms with Gasteiger partial charge in [-0.1, -0.05) is 6.07 Å². The van der Waals surface area contributed by atoms with Gasteiger partial charge in [0.2, 0.25) is 0 Å². The van der Waals surface area contributed by atoms with E-state index in [1.807, 2.05) is 5.38 Å². The smallest absolute Gasteiger partial charge is 0.265 e. The van der Waals surface area contributed by atoms with E-state index in [0.29, 0.717) is 12.1 Å². The Hall–Kier alpha value is -3.63. The van der Waals surface area contributed by atoms with E-state index in [1.54, 1.807) is 12.1 Å². The van der Waals surface area contributed by atoms with Crippen molar-refractivity contribution >= 4 is 51.6 Å². The number of hydrogen-bond acceptors (Lipinski definition) is 5. The first-order valence-electron chi connectivity index (χ1n) is 10.2. The molecule has 5 rings (SSSR count). The monoisotopic (exact) mass is 499 g/mol. The third-order valence-electron chi connectivity index (χ3n) is 5.45. The molecular weight excluding hydrogens is 483 g/mol. The highest BCUT2D eigenvalue weighted by atomic mass is 32.1. The van der Waals surface area contributed by atoms with E-state index >= 15 is 0 Å². The summed E-state index contributed by atoms with van der Waals surface area (Å²) in [5.41, 5.74) is 6.67. The minimum Gasteiger partial charge on any atom is -0.399 e. The number of nitrogen functional groups attached to an aromatic ring is 1. The van der Waals surface area contributed by atoms with Gasteiger partial charge in [-0.2, -0.15) is 0 Å². The van der Waals surface area contributed by atoms with E-state index in [0.717, 1.165) is 33.5 Å². The second-order valence-electron chi connectivity index (χ2n) is 7.60. The van der Waals surface area contributed by atoms with Crippen LogP contribution >= 0.6 is 22.7 Å². The van der Waals surface area contributed by atoms with Crippen molar-refractivity contribution in [3.05, 3.63) is 87.4 Å². The first-order chi connectivity index (χ1) is 16.3. The van der Waals surface area contributed by atoms with E-state index in [9.17, 15) is 22.8 Å². The SMILES string of the molecule is Nc1ccc(C(=O)N2CCc3cc(C(=O)Nc4c(F)cccc4F)sc3-c3sccc32)c(F)c1. The summed E-state index contributed by atoms with van der Waals surface area (Å²) in [5.74, 6) is -3.54. The lowest BCUT2D eigenvalue weighted by atomic mass is 10.1. The van der Waals surface area contributed by atoms with Gasteiger partial charge in [-0.3, -0.25) is 9.59 Å². The Labute approximate surface area is 200 Å². The number of rotatable bonds is 3. The fraction of sp³-hybridized carbons (Fsp3) is 0.0833. The zero-order valence-corrected chi connectivity index (χ0v) is 19.0. The molecule has 34 heavy (non-hydrogen) atoms. The summed E-state index contributed by atoms with van der Waals surface area (Å²) in [6.07, 6.45) is 0.414. The first-order valence-corrected chi connectivity index (χ1v) is 11.9. The van der Waals surface area contributed by atoms with Crippen molar-refractivity contribution in [2.24, 2.45) is 0 Å². The minimum atomic E-state index is -0.865. The van der Waals surface area contributed by atoms with E-state index < -0.39 is 35.0 Å². The number of benzene rings is 2. The number of nitrogens with two attached hydrogens (primary N) is 1. The lowest BCUT2D eigenvalue weighted by Crippen LogP contribution is -2.32. The first kappa shape index (κ1) is 22.2. The van der Waals surface area contributed by atoms with Crippen LogP contribution in [-0.4, -0.2) is 18.4 Å². The highest BCUT2D eigenvalue weighted by molar-refractivity contribution is 7.23. The lowest BCUT2D eigenvalue weighted by molar-refractivity contribution is 0.0982. The number of thiophene rings is 2. The van der Waals surface area contributed by atoms with Crippen LogP contribution in [-0.2, 0) is 6.42 Å². The minimum absolute atomic E-state index is 0.0800. The fourth-order valence-electron chi connectivity index (χ4n) is 3.81. The predicted molar refractivity (Wildman–Crippen MR) is 128 cm³/mol. The molecule has 0 spiro atoms. The summed E-state index contributed by atoms with van der Waals surface area (Å²) in [4.78, 5) is 29.3. The van der Waals surface area contributed by atoms with E-state index in [-0.39, 0.29) is 22.7 Å². The average molecular weight is 500 g/mol. The Morgan fingerprint density at radius 3 is 2.47 bits per heavy atom. The number of carbonyl (C=O) groups excluding carboxylic acids is 2. The number of nitrogens with zero attached hydrogens (tertiary/aromatic N) is 1. The van der Waals surface area contributed by atoms with E-state index in [4.69, 9.17) is 5.73 Å². The Morgan fingerprint density at radius 2 is 1.74 bits per heavy atom. The molecule has 172 valence electrons. The van der Waals surface area contributed by atoms with Crippen molar-refractivity contribution in [2.75, 3.05) is 22.5 Å². The summed E-state index contributed by atoms with van der Waals surface area (Å²) in [5, 5.41) is 4.12. The molecule has 0 aliphatic carbocycles. The number of para-hydroxylation sites is 1. The number of fused-ring (bicyclic) bond motifs is 3. The molecule has 3 N–H and O–H groups in total. The fourth-order valence-corrected chi connectivity index (χ4v) is 6.00. The van der Waals surface area contributed by atoms with Crippen LogP contribution in [0.25, 0.3) is 9.75 Å². The number of amides is 2. The maximum absolute atomic E-state index is 14.4. The van der Waals surface area contributed by atoms with Crippen LogP contribution < -0.4 is 16.0 Å². The molecule has 2 aromatic carbocycles. The van der Waals surface area contributed by atoms with Gasteiger partial charge in [-0.25, -0.2) is 13.2 Å². The zero-order chi connectivity index (χ0) is 24.0. The average Bonchev–Trinajstić information content (AvgIpc) is 3.41. The zero-order valence-electron chi connectivity index (χ0n) is 17.4. The summed E-state index contributed by atoms with van der Waals surface area (Å²) >= 11 is 2.56. The van der Waals surface area contributed by atoms with Crippen LogP contribution in [0.4, 0.5) is 30.2 Å². The lowest BCUT2D eigenvalue weighted by Gasteiger charge is -2.21. The van der Waals surface area contributed by atoms with Gasteiger partial charge >= 0.3 is 0 Å². The highest BCUT2D eigenvalue weighted by Gasteiger charge is 2.30. The number of anilines is 3. The highest BCUT2D eigenvalue weighted by Crippen LogP contribution is 2.45. The van der Waals surface area contributed by atoms with Gasteiger partial charge in [0.1, 0.15) is 23.1 Å². The van der Waals surface area contributed by atoms with E-state index in [1.165, 1.54) is 45.8 Å². The molecule has 1 aliphatic rings. The molecule has 0 saturated heterocycles. The van der Waals surface area contributed by atoms with Crippen molar-refractivity contribution in [2.45, 2.75) is 6.42 Å². The second-order valence-corrected chi connectivity index (χ2v) is 9.57. The standard InChI is InChI=1S/C24H16F3N3O2S2/c25-15-2-1-3-16(26)20(15)29-23(31)19-10-12-6-8-30(18-7-9-33-22(18)21(12)34-19)24(32)14-5-4-13(28)11-17(14)27/h1-5,7,9-11H,6,8,28H2,(H,29,31). The summed E-state index contributed by atoms with van der Waals surface area (Å²) in [6, 6.07) is 10.7. The van der Waals surface area contributed by atoms with Crippen LogP contribution in [0.2, 0.25) is 0 Å². The molecule has 10 heteroatoms. The molecule has 0 atom stereocenters. The molecular formula is C24H16F3N3O2S2. The van der Waals surface area contributed by atoms with Crippen LogP contribution in [0.15, 0.2) is 53.9 Å². The maximum Gasteiger partial charge on any atom is 0.265 e. The van der Waals surface area contributed by atoms with Crippen LogP contribution in [0.3, 0.4) is 0 Å². The quantitative estimate of drug-likeness (QED) is 0.343. The van der Waals surface area contributed by atoms with Crippen molar-refractivity contribution < 1.29 is 22.8 Å². The van der Waals surface area contributed by atoms with Gasteiger partial charge in [-0.15, -0.1) is 22.7 Å². The molecule has 0 bridgehead atoms. The van der Waals surface area contributed by atoms with Crippen molar-refractivity contribution in [3.8, 4) is 9.75 Å². The predicted octanol–water partition coefficient (Wildman–Crippen LogP) is 5.93. The molecule has 3 heterocycles. The second kappa shape index (κ2) is 8.62. The molecule has 0 fully saturated rings. The summed E-state index contributed by atoms with van der Waals surface area (Å²) in [6.45, 7) is 0.263. The summed E-state index contributed by atoms with van der Waals surface area (Å²) < 4.78 is 42.3. The van der Waals surface area contributed by atoms with Gasteiger partial charge in [0.05, 0.1) is 25.9 Å². The number of hydrogen-bond donors (Lipinski definition) is 2. The number of nitrogens with one attached hydrogen (secondary N) is 1. The summed E-state index contributed by atoms with van der Waals surface area (Å²) in [7, 11) is 0. The molecule has 0 radical (unpaired) electrons. The van der Waals surface area contributed by atoms with Crippen molar-refractivity contribution in [1.29, 1.82) is 0 Å². The Morgan fingerprint density at radius 1 is 0.971 bits per heavy atom. The maximum atomic E-state index is 14.4. The molecule has 4 aromatic rings. The molecule has 5 nitrogen and oxygen atoms in total. The molecule has 1 aliphatic heterocycles. The van der Waals surface area contributed by atoms with E-state index in [2.05, 4.69) is 5.32 Å².